The zero-order valence-corrected chi connectivity index (χ0v) is 18.6. The molecule has 5 nitrogen and oxygen atoms in total. The molecular formula is C18H40IN5. The molecule has 1 fully saturated rings. The Morgan fingerprint density at radius 1 is 1.08 bits per heavy atom. The van der Waals surface area contributed by atoms with Gasteiger partial charge in [-0.25, -0.2) is 0 Å². The molecule has 1 saturated heterocycles. The molecule has 24 heavy (non-hydrogen) atoms. The van der Waals surface area contributed by atoms with Crippen LogP contribution in [0, 0.1) is 0 Å². The summed E-state index contributed by atoms with van der Waals surface area (Å²) in [5, 5.41) is 6.86. The van der Waals surface area contributed by atoms with Gasteiger partial charge in [0.1, 0.15) is 0 Å². The molecule has 0 unspecified atom stereocenters. The molecule has 0 aliphatic carbocycles. The molecule has 0 amide bonds. The molecule has 0 saturated carbocycles. The zero-order chi connectivity index (χ0) is 16.9. The lowest BCUT2D eigenvalue weighted by molar-refractivity contribution is 0.237. The number of hydrogen-bond acceptors (Lipinski definition) is 3. The Kier molecular flexibility index (Phi) is 15.1. The standard InChI is InChI=1S/C18H39N5.HI/c1-5-23(17(2)3)16-12-21-18(19-4)20-11-10-15-22-13-8-6-7-9-14-22;/h17H,5-16H2,1-4H3,(H2,19,20,21);1H. The normalized spacial score (nSPS) is 16.8. The average Bonchev–Trinajstić information content (AvgIpc) is 2.81. The van der Waals surface area contributed by atoms with E-state index in [-0.39, 0.29) is 24.0 Å². The molecular weight excluding hydrogens is 413 g/mol. The van der Waals surface area contributed by atoms with Crippen LogP contribution in [-0.2, 0) is 0 Å². The first-order chi connectivity index (χ1) is 11.2. The lowest BCUT2D eigenvalue weighted by atomic mass is 10.2. The van der Waals surface area contributed by atoms with Gasteiger partial charge < -0.3 is 15.5 Å². The molecule has 0 atom stereocenters. The van der Waals surface area contributed by atoms with Crippen molar-refractivity contribution in [1.82, 2.24) is 20.4 Å². The first-order valence-corrected chi connectivity index (χ1v) is 9.58. The summed E-state index contributed by atoms with van der Waals surface area (Å²) in [4.78, 5) is 9.39. The summed E-state index contributed by atoms with van der Waals surface area (Å²) in [6.07, 6.45) is 6.77. The number of nitrogens with one attached hydrogen (secondary N) is 2. The van der Waals surface area contributed by atoms with E-state index in [0.29, 0.717) is 6.04 Å². The van der Waals surface area contributed by atoms with E-state index in [4.69, 9.17) is 0 Å². The van der Waals surface area contributed by atoms with Gasteiger partial charge in [-0.3, -0.25) is 9.89 Å². The van der Waals surface area contributed by atoms with Crippen molar-refractivity contribution in [2.24, 2.45) is 4.99 Å². The van der Waals surface area contributed by atoms with Crippen molar-refractivity contribution in [2.75, 3.05) is 52.9 Å². The summed E-state index contributed by atoms with van der Waals surface area (Å²) >= 11 is 0. The van der Waals surface area contributed by atoms with Gasteiger partial charge in [-0.2, -0.15) is 0 Å². The van der Waals surface area contributed by atoms with Crippen LogP contribution in [0.3, 0.4) is 0 Å². The molecule has 1 aliphatic heterocycles. The molecule has 0 aromatic heterocycles. The highest BCUT2D eigenvalue weighted by Crippen LogP contribution is 2.09. The highest BCUT2D eigenvalue weighted by Gasteiger charge is 2.09. The van der Waals surface area contributed by atoms with E-state index in [9.17, 15) is 0 Å². The molecule has 0 aromatic rings. The molecule has 0 radical (unpaired) electrons. The maximum atomic E-state index is 4.32. The number of halogens is 1. The first kappa shape index (κ1) is 23.9. The molecule has 2 N–H and O–H groups in total. The van der Waals surface area contributed by atoms with Crippen LogP contribution in [0.15, 0.2) is 4.99 Å². The number of likely N-dealkylation sites (tertiary alicyclic amines) is 1. The van der Waals surface area contributed by atoms with E-state index in [2.05, 4.69) is 46.2 Å². The monoisotopic (exact) mass is 453 g/mol. The van der Waals surface area contributed by atoms with E-state index >= 15 is 0 Å². The summed E-state index contributed by atoms with van der Waals surface area (Å²) in [6, 6.07) is 0.602. The summed E-state index contributed by atoms with van der Waals surface area (Å²) < 4.78 is 0. The Balaban J connectivity index is 0.00000529. The van der Waals surface area contributed by atoms with Crippen LogP contribution in [0.2, 0.25) is 0 Å². The topological polar surface area (TPSA) is 42.9 Å². The Labute approximate surface area is 167 Å². The van der Waals surface area contributed by atoms with Gasteiger partial charge in [0.05, 0.1) is 0 Å². The molecule has 144 valence electrons. The smallest absolute Gasteiger partial charge is 0.191 e. The second-order valence-corrected chi connectivity index (χ2v) is 6.76. The minimum absolute atomic E-state index is 0. The fourth-order valence-electron chi connectivity index (χ4n) is 3.19. The highest BCUT2D eigenvalue weighted by molar-refractivity contribution is 14.0. The molecule has 1 aliphatic rings. The average molecular weight is 453 g/mol. The summed E-state index contributed by atoms with van der Waals surface area (Å²) in [7, 11) is 1.85. The lowest BCUT2D eigenvalue weighted by Gasteiger charge is -2.25. The van der Waals surface area contributed by atoms with Crippen LogP contribution in [0.1, 0.15) is 52.9 Å². The number of aliphatic imine (C=N–C) groups is 1. The SMILES string of the molecule is CCN(CCNC(=NC)NCCCN1CCCCCC1)C(C)C.I. The van der Waals surface area contributed by atoms with Gasteiger partial charge in [-0.05, 0) is 59.3 Å². The van der Waals surface area contributed by atoms with Crippen molar-refractivity contribution in [1.29, 1.82) is 0 Å². The Morgan fingerprint density at radius 2 is 1.71 bits per heavy atom. The fraction of sp³-hybridized carbons (Fsp3) is 0.944. The molecule has 0 aromatic carbocycles. The zero-order valence-electron chi connectivity index (χ0n) is 16.3. The maximum Gasteiger partial charge on any atom is 0.191 e. The van der Waals surface area contributed by atoms with Crippen LogP contribution in [0.4, 0.5) is 0 Å². The van der Waals surface area contributed by atoms with Gasteiger partial charge in [0.2, 0.25) is 0 Å². The number of nitrogens with zero attached hydrogens (tertiary/aromatic N) is 3. The van der Waals surface area contributed by atoms with E-state index in [0.717, 1.165) is 32.1 Å². The third-order valence-electron chi connectivity index (χ3n) is 4.69. The van der Waals surface area contributed by atoms with E-state index in [1.807, 2.05) is 7.05 Å². The minimum Gasteiger partial charge on any atom is -0.356 e. The van der Waals surface area contributed by atoms with Crippen LogP contribution in [0.25, 0.3) is 0 Å². The van der Waals surface area contributed by atoms with Crippen molar-refractivity contribution in [3.05, 3.63) is 0 Å². The van der Waals surface area contributed by atoms with Crippen molar-refractivity contribution in [2.45, 2.75) is 58.9 Å². The Morgan fingerprint density at radius 3 is 2.25 bits per heavy atom. The Hall–Kier alpha value is -0.0800. The van der Waals surface area contributed by atoms with Gasteiger partial charge >= 0.3 is 0 Å². The van der Waals surface area contributed by atoms with E-state index in [1.165, 1.54) is 51.7 Å². The van der Waals surface area contributed by atoms with Gasteiger partial charge in [-0.15, -0.1) is 24.0 Å². The quantitative estimate of drug-likeness (QED) is 0.244. The van der Waals surface area contributed by atoms with Crippen molar-refractivity contribution >= 4 is 29.9 Å². The molecule has 0 bridgehead atoms. The fourth-order valence-corrected chi connectivity index (χ4v) is 3.19. The molecule has 1 heterocycles. The molecule has 0 spiro atoms. The number of guanidine groups is 1. The van der Waals surface area contributed by atoms with Gasteiger partial charge in [0.25, 0.3) is 0 Å². The number of likely N-dealkylation sites (N-methyl/N-ethyl adjacent to an activating group) is 1. The number of rotatable bonds is 9. The predicted molar refractivity (Wildman–Crippen MR) is 117 cm³/mol. The predicted octanol–water partition coefficient (Wildman–Crippen LogP) is 2.77. The lowest BCUT2D eigenvalue weighted by Crippen LogP contribution is -2.43. The van der Waals surface area contributed by atoms with Crippen LogP contribution in [-0.4, -0.2) is 74.7 Å². The van der Waals surface area contributed by atoms with Gasteiger partial charge in [0, 0.05) is 32.7 Å². The van der Waals surface area contributed by atoms with Crippen molar-refractivity contribution < 1.29 is 0 Å². The van der Waals surface area contributed by atoms with E-state index in [1.54, 1.807) is 0 Å². The van der Waals surface area contributed by atoms with E-state index < -0.39 is 0 Å². The first-order valence-electron chi connectivity index (χ1n) is 9.58. The molecule has 1 rings (SSSR count). The highest BCUT2D eigenvalue weighted by atomic mass is 127. The second-order valence-electron chi connectivity index (χ2n) is 6.76. The maximum absolute atomic E-state index is 4.32. The molecule has 6 heteroatoms. The summed E-state index contributed by atoms with van der Waals surface area (Å²) in [6.45, 7) is 14.6. The Bertz CT molecular complexity index is 315. The summed E-state index contributed by atoms with van der Waals surface area (Å²) in [5.74, 6) is 0.931. The van der Waals surface area contributed by atoms with Crippen LogP contribution < -0.4 is 10.6 Å². The largest absolute Gasteiger partial charge is 0.356 e. The third-order valence-corrected chi connectivity index (χ3v) is 4.69. The van der Waals surface area contributed by atoms with Crippen molar-refractivity contribution in [3.63, 3.8) is 0 Å². The second kappa shape index (κ2) is 15.2. The van der Waals surface area contributed by atoms with Crippen molar-refractivity contribution in [3.8, 4) is 0 Å². The third kappa shape index (κ3) is 10.7. The minimum atomic E-state index is 0. The van der Waals surface area contributed by atoms with Crippen LogP contribution in [0.5, 0.6) is 0 Å². The number of hydrogen-bond donors (Lipinski definition) is 2. The van der Waals surface area contributed by atoms with Gasteiger partial charge in [0.15, 0.2) is 5.96 Å². The van der Waals surface area contributed by atoms with Gasteiger partial charge in [-0.1, -0.05) is 19.8 Å². The van der Waals surface area contributed by atoms with Crippen LogP contribution >= 0.6 is 24.0 Å². The summed E-state index contributed by atoms with van der Waals surface area (Å²) in [5.41, 5.74) is 0.